The second kappa shape index (κ2) is 7.77. The van der Waals surface area contributed by atoms with Gasteiger partial charge in [-0.15, -0.1) is 0 Å². The number of nitrogens with one attached hydrogen (secondary N) is 1. The Labute approximate surface area is 145 Å². The van der Waals surface area contributed by atoms with Crippen LogP contribution in [0.3, 0.4) is 0 Å². The molecule has 2 unspecified atom stereocenters. The fraction of sp³-hybridized carbons (Fsp3) is 0.632. The summed E-state index contributed by atoms with van der Waals surface area (Å²) in [4.78, 5) is 16.8. The summed E-state index contributed by atoms with van der Waals surface area (Å²) in [6, 6.07) is 8.60. The minimum absolute atomic E-state index is 0.114. The molecular weight excluding hydrogens is 302 g/mol. The highest BCUT2D eigenvalue weighted by Crippen LogP contribution is 2.24. The average molecular weight is 331 g/mol. The van der Waals surface area contributed by atoms with Crippen LogP contribution in [0.4, 0.5) is 10.5 Å². The van der Waals surface area contributed by atoms with Crippen molar-refractivity contribution >= 4 is 11.7 Å². The molecule has 24 heavy (non-hydrogen) atoms. The molecule has 3 rings (SSSR count). The zero-order valence-electron chi connectivity index (χ0n) is 14.8. The number of carbonyl (C=O) groups is 1. The number of piperazine rings is 1. The number of hydrogen-bond acceptors (Lipinski definition) is 3. The predicted octanol–water partition coefficient (Wildman–Crippen LogP) is 3.11. The summed E-state index contributed by atoms with van der Waals surface area (Å²) in [5.41, 5.74) is 1.19. The number of nitrogens with zero attached hydrogens (tertiary/aromatic N) is 2. The molecule has 0 bridgehead atoms. The molecule has 5 heteroatoms. The van der Waals surface area contributed by atoms with E-state index in [1.807, 2.05) is 17.0 Å². The van der Waals surface area contributed by atoms with E-state index in [4.69, 9.17) is 4.74 Å². The molecule has 2 atom stereocenters. The fourth-order valence-corrected chi connectivity index (χ4v) is 3.74. The van der Waals surface area contributed by atoms with Crippen molar-refractivity contribution in [3.05, 3.63) is 24.3 Å². The largest absolute Gasteiger partial charge is 0.497 e. The van der Waals surface area contributed by atoms with Crippen LogP contribution in [-0.4, -0.2) is 50.3 Å². The molecule has 1 saturated heterocycles. The first-order chi connectivity index (χ1) is 11.7. The van der Waals surface area contributed by atoms with Gasteiger partial charge >= 0.3 is 6.03 Å². The van der Waals surface area contributed by atoms with Gasteiger partial charge in [-0.05, 0) is 43.0 Å². The van der Waals surface area contributed by atoms with E-state index in [2.05, 4.69) is 29.3 Å². The molecule has 5 nitrogen and oxygen atoms in total. The summed E-state index contributed by atoms with van der Waals surface area (Å²) in [6.07, 6.45) is 4.89. The maximum atomic E-state index is 12.5. The molecule has 1 aliphatic heterocycles. The third-order valence-corrected chi connectivity index (χ3v) is 5.42. The number of rotatable bonds is 3. The number of urea groups is 1. The lowest BCUT2D eigenvalue weighted by atomic mass is 9.86. The van der Waals surface area contributed by atoms with E-state index >= 15 is 0 Å². The van der Waals surface area contributed by atoms with Crippen LogP contribution < -0.4 is 15.0 Å². The highest BCUT2D eigenvalue weighted by molar-refractivity contribution is 5.75. The third kappa shape index (κ3) is 3.94. The van der Waals surface area contributed by atoms with Gasteiger partial charge in [0.15, 0.2) is 0 Å². The highest BCUT2D eigenvalue weighted by atomic mass is 16.5. The molecule has 2 aliphatic rings. The molecule has 0 spiro atoms. The first-order valence-corrected chi connectivity index (χ1v) is 9.12. The van der Waals surface area contributed by atoms with Crippen LogP contribution in [0.25, 0.3) is 0 Å². The first-order valence-electron chi connectivity index (χ1n) is 9.12. The second-order valence-corrected chi connectivity index (χ2v) is 6.99. The van der Waals surface area contributed by atoms with Crippen molar-refractivity contribution in [1.82, 2.24) is 10.2 Å². The monoisotopic (exact) mass is 331 g/mol. The van der Waals surface area contributed by atoms with Crippen LogP contribution in [-0.2, 0) is 0 Å². The number of ether oxygens (including phenoxy) is 1. The van der Waals surface area contributed by atoms with E-state index in [0.29, 0.717) is 12.0 Å². The Balaban J connectivity index is 1.49. The van der Waals surface area contributed by atoms with Crippen LogP contribution in [0.1, 0.15) is 32.6 Å². The number of amides is 2. The first kappa shape index (κ1) is 16.9. The molecule has 1 heterocycles. The molecule has 0 radical (unpaired) electrons. The van der Waals surface area contributed by atoms with Crippen molar-refractivity contribution in [3.63, 3.8) is 0 Å². The summed E-state index contributed by atoms with van der Waals surface area (Å²) in [5.74, 6) is 1.47. The van der Waals surface area contributed by atoms with Gasteiger partial charge in [0, 0.05) is 37.9 Å². The molecule has 1 aromatic rings. The second-order valence-electron chi connectivity index (χ2n) is 6.99. The Morgan fingerprint density at radius 2 is 1.75 bits per heavy atom. The van der Waals surface area contributed by atoms with Gasteiger partial charge in [-0.25, -0.2) is 4.79 Å². The van der Waals surface area contributed by atoms with E-state index in [0.717, 1.165) is 38.3 Å². The van der Waals surface area contributed by atoms with Gasteiger partial charge in [0.2, 0.25) is 0 Å². The molecular formula is C19H29N3O2. The molecule has 0 aromatic heterocycles. The molecule has 2 amide bonds. The maximum Gasteiger partial charge on any atom is 0.317 e. The molecule has 1 N–H and O–H groups in total. The predicted molar refractivity (Wildman–Crippen MR) is 96.7 cm³/mol. The van der Waals surface area contributed by atoms with Crippen molar-refractivity contribution in [2.24, 2.45) is 5.92 Å². The molecule has 1 saturated carbocycles. The lowest BCUT2D eigenvalue weighted by Gasteiger charge is -2.38. The topological polar surface area (TPSA) is 44.8 Å². The lowest BCUT2D eigenvalue weighted by molar-refractivity contribution is 0.179. The Hall–Kier alpha value is -1.91. The highest BCUT2D eigenvalue weighted by Gasteiger charge is 2.27. The van der Waals surface area contributed by atoms with Gasteiger partial charge in [-0.1, -0.05) is 19.8 Å². The van der Waals surface area contributed by atoms with E-state index in [-0.39, 0.29) is 6.03 Å². The number of benzene rings is 1. The van der Waals surface area contributed by atoms with Gasteiger partial charge in [-0.2, -0.15) is 0 Å². The SMILES string of the molecule is COc1ccc(N2CCN(C(=O)NC3CCCCC3C)CC2)cc1. The molecule has 132 valence electrons. The maximum absolute atomic E-state index is 12.5. The van der Waals surface area contributed by atoms with Crippen LogP contribution in [0.5, 0.6) is 5.75 Å². The zero-order valence-corrected chi connectivity index (χ0v) is 14.8. The summed E-state index contributed by atoms with van der Waals surface area (Å²) in [5, 5.41) is 3.26. The quantitative estimate of drug-likeness (QED) is 0.926. The van der Waals surface area contributed by atoms with Crippen LogP contribution in [0.15, 0.2) is 24.3 Å². The van der Waals surface area contributed by atoms with Gasteiger partial charge in [-0.3, -0.25) is 0 Å². The van der Waals surface area contributed by atoms with Gasteiger partial charge in [0.1, 0.15) is 5.75 Å². The van der Waals surface area contributed by atoms with Crippen molar-refractivity contribution < 1.29 is 9.53 Å². The fourth-order valence-electron chi connectivity index (χ4n) is 3.74. The van der Waals surface area contributed by atoms with E-state index in [1.54, 1.807) is 7.11 Å². The van der Waals surface area contributed by atoms with Gasteiger partial charge in [0.25, 0.3) is 0 Å². The molecule has 1 aromatic carbocycles. The number of methoxy groups -OCH3 is 1. The molecule has 2 fully saturated rings. The molecule has 1 aliphatic carbocycles. The average Bonchev–Trinajstić information content (AvgIpc) is 2.64. The van der Waals surface area contributed by atoms with Crippen molar-refractivity contribution in [3.8, 4) is 5.75 Å². The van der Waals surface area contributed by atoms with E-state index < -0.39 is 0 Å². The van der Waals surface area contributed by atoms with E-state index in [1.165, 1.54) is 24.9 Å². The summed E-state index contributed by atoms with van der Waals surface area (Å²) >= 11 is 0. The lowest BCUT2D eigenvalue weighted by Crippen LogP contribution is -2.54. The minimum Gasteiger partial charge on any atom is -0.497 e. The zero-order chi connectivity index (χ0) is 16.9. The summed E-state index contributed by atoms with van der Waals surface area (Å²) in [6.45, 7) is 5.56. The summed E-state index contributed by atoms with van der Waals surface area (Å²) in [7, 11) is 1.68. The number of carbonyl (C=O) groups excluding carboxylic acids is 1. The van der Waals surface area contributed by atoms with E-state index in [9.17, 15) is 4.79 Å². The summed E-state index contributed by atoms with van der Waals surface area (Å²) < 4.78 is 5.21. The van der Waals surface area contributed by atoms with Crippen LogP contribution >= 0.6 is 0 Å². The van der Waals surface area contributed by atoms with Gasteiger partial charge in [0.05, 0.1) is 7.11 Å². The Kier molecular flexibility index (Phi) is 5.48. The standard InChI is InChI=1S/C19H29N3O2/c1-15-5-3-4-6-18(15)20-19(23)22-13-11-21(12-14-22)16-7-9-17(24-2)10-8-16/h7-10,15,18H,3-6,11-14H2,1-2H3,(H,20,23). The van der Waals surface area contributed by atoms with Gasteiger partial charge < -0.3 is 19.9 Å². The van der Waals surface area contributed by atoms with Crippen molar-refractivity contribution in [2.45, 2.75) is 38.6 Å². The van der Waals surface area contributed by atoms with Crippen LogP contribution in [0.2, 0.25) is 0 Å². The Morgan fingerprint density at radius 1 is 1.08 bits per heavy atom. The van der Waals surface area contributed by atoms with Crippen LogP contribution in [0, 0.1) is 5.92 Å². The normalized spacial score (nSPS) is 24.6. The number of anilines is 1. The smallest absolute Gasteiger partial charge is 0.317 e. The van der Waals surface area contributed by atoms with Crippen molar-refractivity contribution in [1.29, 1.82) is 0 Å². The Bertz CT molecular complexity index is 538. The third-order valence-electron chi connectivity index (χ3n) is 5.42. The minimum atomic E-state index is 0.114. The Morgan fingerprint density at radius 3 is 2.38 bits per heavy atom. The van der Waals surface area contributed by atoms with Crippen molar-refractivity contribution in [2.75, 3.05) is 38.2 Å². The number of hydrogen-bond donors (Lipinski definition) is 1.